The van der Waals surface area contributed by atoms with E-state index in [4.69, 9.17) is 11.6 Å². The Hall–Kier alpha value is -1.87. The Balaban J connectivity index is 2.30. The van der Waals surface area contributed by atoms with Crippen molar-refractivity contribution in [3.63, 3.8) is 0 Å². The zero-order chi connectivity index (χ0) is 15.6. The van der Waals surface area contributed by atoms with Gasteiger partial charge in [-0.25, -0.2) is 4.98 Å². The maximum absolute atomic E-state index is 12.4. The summed E-state index contributed by atoms with van der Waals surface area (Å²) in [6.07, 6.45) is 0. The summed E-state index contributed by atoms with van der Waals surface area (Å²) in [5, 5.41) is 3.28. The number of halogens is 1. The summed E-state index contributed by atoms with van der Waals surface area (Å²) in [5.74, 6) is 0.0471. The number of nitrogens with one attached hydrogen (secondary N) is 1. The molecule has 4 heteroatoms. The van der Waals surface area contributed by atoms with Crippen LogP contribution in [-0.2, 0) is 0 Å². The number of rotatable bonds is 3. The minimum Gasteiger partial charge on any atom is -0.322 e. The second kappa shape index (κ2) is 6.27. The van der Waals surface area contributed by atoms with Crippen LogP contribution in [0.1, 0.15) is 46.9 Å². The SMILES string of the molecule is Cc1cccc(NC(=O)c2cc(Cl)nc(C(C)C)c2)c1C. The smallest absolute Gasteiger partial charge is 0.255 e. The molecule has 0 spiro atoms. The number of nitrogens with zero attached hydrogens (tertiary/aromatic N) is 1. The van der Waals surface area contributed by atoms with Crippen molar-refractivity contribution in [3.05, 3.63) is 57.9 Å². The van der Waals surface area contributed by atoms with Crippen LogP contribution in [0.25, 0.3) is 0 Å². The topological polar surface area (TPSA) is 42.0 Å². The standard InChI is InChI=1S/C17H19ClN2O/c1-10(2)15-8-13(9-16(18)19-15)17(21)20-14-7-5-6-11(3)12(14)4/h5-10H,1-4H3,(H,20,21). The number of carbonyl (C=O) groups is 1. The fourth-order valence-electron chi connectivity index (χ4n) is 2.03. The van der Waals surface area contributed by atoms with Gasteiger partial charge in [0.1, 0.15) is 5.15 Å². The molecule has 0 fully saturated rings. The van der Waals surface area contributed by atoms with Gasteiger partial charge in [-0.3, -0.25) is 4.79 Å². The van der Waals surface area contributed by atoms with E-state index >= 15 is 0 Å². The molecule has 0 aliphatic heterocycles. The number of carbonyl (C=O) groups excluding carboxylic acids is 1. The van der Waals surface area contributed by atoms with Gasteiger partial charge in [0.15, 0.2) is 0 Å². The molecule has 0 aliphatic carbocycles. The number of benzene rings is 1. The third-order valence-corrected chi connectivity index (χ3v) is 3.71. The van der Waals surface area contributed by atoms with E-state index in [0.717, 1.165) is 22.5 Å². The highest BCUT2D eigenvalue weighted by Gasteiger charge is 2.12. The Morgan fingerprint density at radius 1 is 1.24 bits per heavy atom. The van der Waals surface area contributed by atoms with Crippen molar-refractivity contribution in [3.8, 4) is 0 Å². The molecule has 1 amide bonds. The van der Waals surface area contributed by atoms with Crippen LogP contribution in [0.2, 0.25) is 5.15 Å². The fourth-order valence-corrected chi connectivity index (χ4v) is 2.24. The number of pyridine rings is 1. The third-order valence-electron chi connectivity index (χ3n) is 3.52. The second-order valence-corrected chi connectivity index (χ2v) is 5.85. The van der Waals surface area contributed by atoms with Gasteiger partial charge in [-0.2, -0.15) is 0 Å². The summed E-state index contributed by atoms with van der Waals surface area (Å²) >= 11 is 6.01. The molecular weight excluding hydrogens is 284 g/mol. The van der Waals surface area contributed by atoms with E-state index in [1.54, 1.807) is 12.1 Å². The minimum atomic E-state index is -0.171. The third kappa shape index (κ3) is 3.61. The van der Waals surface area contributed by atoms with Crippen molar-refractivity contribution in [1.29, 1.82) is 0 Å². The molecule has 3 nitrogen and oxygen atoms in total. The molecule has 0 unspecified atom stereocenters. The monoisotopic (exact) mass is 302 g/mol. The van der Waals surface area contributed by atoms with Gasteiger partial charge in [0.2, 0.25) is 0 Å². The zero-order valence-electron chi connectivity index (χ0n) is 12.7. The zero-order valence-corrected chi connectivity index (χ0v) is 13.5. The molecule has 21 heavy (non-hydrogen) atoms. The summed E-state index contributed by atoms with van der Waals surface area (Å²) in [6, 6.07) is 9.22. The maximum atomic E-state index is 12.4. The van der Waals surface area contributed by atoms with E-state index in [-0.39, 0.29) is 11.8 Å². The van der Waals surface area contributed by atoms with Crippen molar-refractivity contribution in [2.75, 3.05) is 5.32 Å². The van der Waals surface area contributed by atoms with E-state index in [1.807, 2.05) is 45.9 Å². The first-order valence-corrected chi connectivity index (χ1v) is 7.31. The Morgan fingerprint density at radius 2 is 1.95 bits per heavy atom. The molecule has 0 atom stereocenters. The lowest BCUT2D eigenvalue weighted by Crippen LogP contribution is -2.14. The molecule has 0 saturated heterocycles. The van der Waals surface area contributed by atoms with E-state index in [1.165, 1.54) is 0 Å². The highest BCUT2D eigenvalue weighted by molar-refractivity contribution is 6.29. The van der Waals surface area contributed by atoms with Gasteiger partial charge >= 0.3 is 0 Å². The average molecular weight is 303 g/mol. The van der Waals surface area contributed by atoms with Crippen LogP contribution in [0, 0.1) is 13.8 Å². The molecule has 2 aromatic rings. The number of anilines is 1. The second-order valence-electron chi connectivity index (χ2n) is 5.46. The molecule has 0 radical (unpaired) electrons. The Labute approximate surface area is 130 Å². The van der Waals surface area contributed by atoms with Crippen LogP contribution < -0.4 is 5.32 Å². The van der Waals surface area contributed by atoms with E-state index in [2.05, 4.69) is 10.3 Å². The lowest BCUT2D eigenvalue weighted by Gasteiger charge is -2.12. The van der Waals surface area contributed by atoms with E-state index < -0.39 is 0 Å². The Kier molecular flexibility index (Phi) is 4.63. The van der Waals surface area contributed by atoms with E-state index in [9.17, 15) is 4.79 Å². The summed E-state index contributed by atoms with van der Waals surface area (Å²) in [4.78, 5) is 16.6. The molecule has 1 aromatic carbocycles. The quantitative estimate of drug-likeness (QED) is 0.833. The van der Waals surface area contributed by atoms with Crippen LogP contribution >= 0.6 is 11.6 Å². The van der Waals surface area contributed by atoms with Crippen LogP contribution in [0.15, 0.2) is 30.3 Å². The first-order chi connectivity index (χ1) is 9.88. The summed E-state index contributed by atoms with van der Waals surface area (Å²) < 4.78 is 0. The fraction of sp³-hybridized carbons (Fsp3) is 0.294. The van der Waals surface area contributed by atoms with Crippen molar-refractivity contribution < 1.29 is 4.79 Å². The number of hydrogen-bond acceptors (Lipinski definition) is 2. The van der Waals surface area contributed by atoms with Crippen molar-refractivity contribution in [2.45, 2.75) is 33.6 Å². The molecule has 1 heterocycles. The highest BCUT2D eigenvalue weighted by Crippen LogP contribution is 2.21. The predicted octanol–water partition coefficient (Wildman–Crippen LogP) is 4.73. The van der Waals surface area contributed by atoms with E-state index in [0.29, 0.717) is 10.7 Å². The van der Waals surface area contributed by atoms with Crippen molar-refractivity contribution in [2.24, 2.45) is 0 Å². The molecule has 0 aliphatic rings. The van der Waals surface area contributed by atoms with Gasteiger partial charge in [-0.05, 0) is 49.1 Å². The van der Waals surface area contributed by atoms with Gasteiger partial charge in [-0.1, -0.05) is 37.6 Å². The van der Waals surface area contributed by atoms with Gasteiger partial charge in [-0.15, -0.1) is 0 Å². The number of amides is 1. The van der Waals surface area contributed by atoms with Crippen LogP contribution in [0.5, 0.6) is 0 Å². The Morgan fingerprint density at radius 3 is 2.62 bits per heavy atom. The normalized spacial score (nSPS) is 10.8. The molecular formula is C17H19ClN2O. The molecule has 2 rings (SSSR count). The van der Waals surface area contributed by atoms with Gasteiger partial charge in [0, 0.05) is 16.9 Å². The molecule has 0 saturated carbocycles. The molecule has 110 valence electrons. The van der Waals surface area contributed by atoms with Crippen molar-refractivity contribution >= 4 is 23.2 Å². The number of aromatic nitrogens is 1. The lowest BCUT2D eigenvalue weighted by molar-refractivity contribution is 0.102. The molecule has 0 bridgehead atoms. The lowest BCUT2D eigenvalue weighted by atomic mass is 10.1. The molecule has 1 aromatic heterocycles. The maximum Gasteiger partial charge on any atom is 0.255 e. The van der Waals surface area contributed by atoms with Gasteiger partial charge in [0.25, 0.3) is 5.91 Å². The van der Waals surface area contributed by atoms with Gasteiger partial charge < -0.3 is 5.32 Å². The van der Waals surface area contributed by atoms with Crippen molar-refractivity contribution in [1.82, 2.24) is 4.98 Å². The van der Waals surface area contributed by atoms with Crippen LogP contribution in [0.4, 0.5) is 5.69 Å². The first-order valence-electron chi connectivity index (χ1n) is 6.93. The number of aryl methyl sites for hydroxylation is 1. The minimum absolute atomic E-state index is 0.171. The highest BCUT2D eigenvalue weighted by atomic mass is 35.5. The average Bonchev–Trinajstić information content (AvgIpc) is 2.43. The first kappa shape index (κ1) is 15.5. The number of hydrogen-bond donors (Lipinski definition) is 1. The largest absolute Gasteiger partial charge is 0.322 e. The van der Waals surface area contributed by atoms with Crippen LogP contribution in [0.3, 0.4) is 0 Å². The summed E-state index contributed by atoms with van der Waals surface area (Å²) in [6.45, 7) is 8.05. The summed E-state index contributed by atoms with van der Waals surface area (Å²) in [7, 11) is 0. The summed E-state index contributed by atoms with van der Waals surface area (Å²) in [5.41, 5.74) is 4.37. The Bertz CT molecular complexity index is 680. The van der Waals surface area contributed by atoms with Crippen LogP contribution in [-0.4, -0.2) is 10.9 Å². The predicted molar refractivity (Wildman–Crippen MR) is 87.2 cm³/mol. The van der Waals surface area contributed by atoms with Gasteiger partial charge in [0.05, 0.1) is 0 Å². The molecule has 1 N–H and O–H groups in total.